The molecule has 2 heterocycles. The van der Waals surface area contributed by atoms with E-state index in [1.807, 2.05) is 121 Å². The van der Waals surface area contributed by atoms with Gasteiger partial charge in [-0.25, -0.2) is 4.79 Å². The quantitative estimate of drug-likeness (QED) is 0.102. The molecule has 0 radical (unpaired) electrons. The van der Waals surface area contributed by atoms with Crippen LogP contribution in [0.25, 0.3) is 0 Å². The number of carbonyl (C=O) groups excluding carboxylic acids is 3. The molecule has 0 bridgehead atoms. The molecule has 0 saturated carbocycles. The molecule has 6 rings (SSSR count). The minimum Gasteiger partial charge on any atom is -0.614 e. The standard InChI is InChI=1S/C37H34N2O6S2/c1-25(40)44-24-30-32(35(42)45-23-26-15-7-3-8-16-26)39-33(41)31(34(39)47(43)36(30)46-2)38-37(27-17-9-4-10-18-27,28-19-11-5-12-20-28)29-21-13-6-14-22-29/h3-22,31,34,36,38H,23-24H2,1-2H3/t31-,34-,36?,47?/m1/s1. The predicted molar refractivity (Wildman–Crippen MR) is 182 cm³/mol. The number of amides is 1. The van der Waals surface area contributed by atoms with Gasteiger partial charge in [0.1, 0.15) is 18.9 Å². The Bertz CT molecular complexity index is 1660. The summed E-state index contributed by atoms with van der Waals surface area (Å²) in [6.45, 7) is 0.944. The third-order valence-corrected chi connectivity index (χ3v) is 11.9. The summed E-state index contributed by atoms with van der Waals surface area (Å²) in [5, 5.41) is 2.78. The molecule has 8 nitrogen and oxygen atoms in total. The first kappa shape index (κ1) is 32.6. The van der Waals surface area contributed by atoms with Gasteiger partial charge in [0.25, 0.3) is 5.91 Å². The number of esters is 2. The summed E-state index contributed by atoms with van der Waals surface area (Å²) in [4.78, 5) is 41.3. The molecule has 0 spiro atoms. The Morgan fingerprint density at radius 3 is 1.77 bits per heavy atom. The number of nitrogens with one attached hydrogen (secondary N) is 1. The van der Waals surface area contributed by atoms with Gasteiger partial charge in [0.2, 0.25) is 5.37 Å². The molecule has 47 heavy (non-hydrogen) atoms. The second-order valence-corrected chi connectivity index (χ2v) is 14.0. The Labute approximate surface area is 281 Å². The molecule has 4 atom stereocenters. The number of hydrogen-bond donors (Lipinski definition) is 1. The van der Waals surface area contributed by atoms with Gasteiger partial charge in [-0.2, -0.15) is 0 Å². The molecule has 10 heteroatoms. The monoisotopic (exact) mass is 666 g/mol. The van der Waals surface area contributed by atoms with Crippen molar-refractivity contribution in [3.05, 3.63) is 155 Å². The van der Waals surface area contributed by atoms with Gasteiger partial charge < -0.3 is 14.0 Å². The van der Waals surface area contributed by atoms with Crippen molar-refractivity contribution in [2.45, 2.75) is 35.1 Å². The summed E-state index contributed by atoms with van der Waals surface area (Å²) in [7, 11) is 0. The summed E-state index contributed by atoms with van der Waals surface area (Å²) in [5.74, 6) is -1.74. The van der Waals surface area contributed by atoms with E-state index in [2.05, 4.69) is 5.32 Å². The van der Waals surface area contributed by atoms with E-state index >= 15 is 0 Å². The highest BCUT2D eigenvalue weighted by Gasteiger charge is 2.65. The Morgan fingerprint density at radius 2 is 1.30 bits per heavy atom. The van der Waals surface area contributed by atoms with Gasteiger partial charge in [0.05, 0.1) is 11.1 Å². The van der Waals surface area contributed by atoms with E-state index in [1.54, 1.807) is 6.26 Å². The molecule has 240 valence electrons. The number of thioether (sulfide) groups is 1. The highest BCUT2D eigenvalue weighted by Crippen LogP contribution is 2.46. The molecule has 1 N–H and O–H groups in total. The van der Waals surface area contributed by atoms with Crippen LogP contribution in [0.3, 0.4) is 0 Å². The summed E-state index contributed by atoms with van der Waals surface area (Å²) in [6.07, 6.45) is 1.78. The Morgan fingerprint density at radius 1 is 0.809 bits per heavy atom. The van der Waals surface area contributed by atoms with Crippen LogP contribution in [-0.4, -0.2) is 56.2 Å². The minimum atomic E-state index is -1.69. The molecule has 2 aliphatic rings. The lowest BCUT2D eigenvalue weighted by atomic mass is 9.76. The van der Waals surface area contributed by atoms with Crippen molar-refractivity contribution >= 4 is 40.8 Å². The fraction of sp³-hybridized carbons (Fsp3) is 0.216. The van der Waals surface area contributed by atoms with E-state index in [1.165, 1.54) is 23.6 Å². The first-order valence-corrected chi connectivity index (χ1v) is 17.7. The van der Waals surface area contributed by atoms with Gasteiger partial charge in [-0.05, 0) is 39.7 Å². The molecule has 0 aliphatic carbocycles. The van der Waals surface area contributed by atoms with Gasteiger partial charge in [-0.15, -0.1) is 11.8 Å². The first-order valence-electron chi connectivity index (χ1n) is 15.1. The molecule has 4 aromatic rings. The second kappa shape index (κ2) is 14.2. The molecular formula is C37H34N2O6S2. The first-order chi connectivity index (χ1) is 22.9. The van der Waals surface area contributed by atoms with Crippen LogP contribution in [0.5, 0.6) is 0 Å². The van der Waals surface area contributed by atoms with Crippen LogP contribution >= 0.6 is 11.8 Å². The number of carbonyl (C=O) groups is 3. The maximum Gasteiger partial charge on any atom is 0.355 e. The molecule has 2 unspecified atom stereocenters. The van der Waals surface area contributed by atoms with Crippen LogP contribution in [-0.2, 0) is 47.2 Å². The average Bonchev–Trinajstić information content (AvgIpc) is 3.11. The fourth-order valence-corrected chi connectivity index (χ4v) is 9.37. The predicted octanol–water partition coefficient (Wildman–Crippen LogP) is 5.12. The van der Waals surface area contributed by atoms with E-state index < -0.39 is 50.6 Å². The molecule has 0 aromatic heterocycles. The Balaban J connectivity index is 1.44. The fourth-order valence-electron chi connectivity index (χ4n) is 6.23. The third kappa shape index (κ3) is 6.21. The van der Waals surface area contributed by atoms with Crippen LogP contribution in [0.2, 0.25) is 0 Å². The maximum atomic E-state index is 14.4. The summed E-state index contributed by atoms with van der Waals surface area (Å²) >= 11 is -0.418. The molecule has 1 amide bonds. The van der Waals surface area contributed by atoms with Crippen molar-refractivity contribution in [2.24, 2.45) is 0 Å². The van der Waals surface area contributed by atoms with E-state index in [4.69, 9.17) is 9.47 Å². The third-order valence-electron chi connectivity index (χ3n) is 8.37. The van der Waals surface area contributed by atoms with Crippen molar-refractivity contribution in [1.82, 2.24) is 10.2 Å². The lowest BCUT2D eigenvalue weighted by Gasteiger charge is -2.53. The minimum absolute atomic E-state index is 0.0233. The maximum absolute atomic E-state index is 14.4. The smallest absolute Gasteiger partial charge is 0.355 e. The number of ether oxygens (including phenoxy) is 2. The molecule has 1 saturated heterocycles. The van der Waals surface area contributed by atoms with Gasteiger partial charge in [0.15, 0.2) is 10.6 Å². The van der Waals surface area contributed by atoms with Gasteiger partial charge in [-0.3, -0.25) is 19.8 Å². The van der Waals surface area contributed by atoms with E-state index in [-0.39, 0.29) is 24.5 Å². The summed E-state index contributed by atoms with van der Waals surface area (Å²) < 4.78 is 24.7. The van der Waals surface area contributed by atoms with Crippen LogP contribution in [0.4, 0.5) is 0 Å². The summed E-state index contributed by atoms with van der Waals surface area (Å²) in [6, 6.07) is 37.7. The zero-order valence-electron chi connectivity index (χ0n) is 25.9. The van der Waals surface area contributed by atoms with Gasteiger partial charge in [-0.1, -0.05) is 121 Å². The SMILES string of the molecule is CSC1C(COC(C)=O)=C(C(=O)OCc2ccccc2)N2C(=O)[C@@H](NC(c3ccccc3)(c3ccccc3)c3ccccc3)[C@H]2[S+]1[O-]. The van der Waals surface area contributed by atoms with Crippen LogP contribution < -0.4 is 5.32 Å². The molecule has 4 aromatic carbocycles. The van der Waals surface area contributed by atoms with Crippen LogP contribution in [0.15, 0.2) is 133 Å². The molecule has 2 aliphatic heterocycles. The van der Waals surface area contributed by atoms with Gasteiger partial charge in [0, 0.05) is 6.92 Å². The zero-order valence-corrected chi connectivity index (χ0v) is 27.5. The van der Waals surface area contributed by atoms with E-state index in [0.29, 0.717) is 0 Å². The van der Waals surface area contributed by atoms with Crippen molar-refractivity contribution in [3.63, 3.8) is 0 Å². The van der Waals surface area contributed by atoms with Crippen LogP contribution in [0.1, 0.15) is 29.2 Å². The van der Waals surface area contributed by atoms with Crippen molar-refractivity contribution in [3.8, 4) is 0 Å². The second-order valence-electron chi connectivity index (χ2n) is 11.2. The van der Waals surface area contributed by atoms with Crippen molar-refractivity contribution in [2.75, 3.05) is 12.9 Å². The number of benzene rings is 4. The average molecular weight is 667 g/mol. The normalized spacial score (nSPS) is 20.7. The highest BCUT2D eigenvalue weighted by molar-refractivity contribution is 8.13. The summed E-state index contributed by atoms with van der Waals surface area (Å²) in [5.41, 5.74) is 2.69. The largest absolute Gasteiger partial charge is 0.614 e. The number of nitrogens with zero attached hydrogens (tertiary/aromatic N) is 1. The Kier molecular flexibility index (Phi) is 9.84. The van der Waals surface area contributed by atoms with E-state index in [9.17, 15) is 18.9 Å². The lowest BCUT2D eigenvalue weighted by molar-refractivity contribution is -0.153. The van der Waals surface area contributed by atoms with Crippen molar-refractivity contribution < 1.29 is 28.4 Å². The number of rotatable bonds is 11. The number of β-lactam (4-membered cyclic amide) rings is 1. The van der Waals surface area contributed by atoms with Crippen molar-refractivity contribution in [1.29, 1.82) is 0 Å². The number of hydrogen-bond acceptors (Lipinski definition) is 8. The Hall–Kier alpha value is -4.35. The topological polar surface area (TPSA) is 108 Å². The molecular weight excluding hydrogens is 633 g/mol. The van der Waals surface area contributed by atoms with E-state index in [0.717, 1.165) is 22.3 Å². The van der Waals surface area contributed by atoms with Crippen LogP contribution in [0, 0.1) is 0 Å². The molecule has 1 fully saturated rings. The zero-order chi connectivity index (χ0) is 33.0. The number of fused-ring (bicyclic) bond motifs is 1. The van der Waals surface area contributed by atoms with Gasteiger partial charge >= 0.3 is 11.9 Å². The highest BCUT2D eigenvalue weighted by atomic mass is 32.3. The lowest BCUT2D eigenvalue weighted by Crippen LogP contribution is -2.77.